The average Bonchev–Trinajstić information content (AvgIpc) is 2.99. The van der Waals surface area contributed by atoms with Crippen LogP contribution in [0.5, 0.6) is 11.5 Å². The predicted octanol–water partition coefficient (Wildman–Crippen LogP) is 5.94. The number of hydrogen-bond acceptors (Lipinski definition) is 6. The van der Waals surface area contributed by atoms with Crippen molar-refractivity contribution in [3.63, 3.8) is 0 Å². The van der Waals surface area contributed by atoms with Gasteiger partial charge in [0.1, 0.15) is 30.8 Å². The number of rotatable bonds is 19. The van der Waals surface area contributed by atoms with Crippen molar-refractivity contribution in [3.05, 3.63) is 60.2 Å². The number of piperazine rings is 1. The molecule has 0 saturated carbocycles. The average molecular weight is 567 g/mol. The Balaban J connectivity index is 1.40. The molecule has 1 unspecified atom stereocenters. The first-order chi connectivity index (χ1) is 20.1. The maximum atomic E-state index is 13.4. The van der Waals surface area contributed by atoms with Crippen LogP contribution in [0.4, 0.5) is 0 Å². The summed E-state index contributed by atoms with van der Waals surface area (Å²) in [6.07, 6.45) is 11.8. The van der Waals surface area contributed by atoms with Crippen molar-refractivity contribution < 1.29 is 28.6 Å². The number of nitrogens with one attached hydrogen (secondary N) is 1. The predicted molar refractivity (Wildman–Crippen MR) is 159 cm³/mol. The van der Waals surface area contributed by atoms with Crippen LogP contribution in [0.25, 0.3) is 0 Å². The van der Waals surface area contributed by atoms with Gasteiger partial charge in [-0.2, -0.15) is 0 Å². The van der Waals surface area contributed by atoms with Gasteiger partial charge in [0, 0.05) is 18.7 Å². The van der Waals surface area contributed by atoms with E-state index in [1.54, 1.807) is 24.3 Å². The standard InChI is InChI=1S/C33H46N2O6/c1-2-3-4-5-6-7-8-9-10-14-22-41-31(36)26-30-32(37)34-20-21-35(30)33(38)27-16-15-19-29(25-27)40-24-23-39-28-17-12-11-13-18-28/h11-13,15-19,25,30H,2-10,14,20-24,26H2,1H3,(H,34,37). The normalized spacial score (nSPS) is 14.8. The quantitative estimate of drug-likeness (QED) is 0.167. The van der Waals surface area contributed by atoms with Gasteiger partial charge in [0.15, 0.2) is 0 Å². The van der Waals surface area contributed by atoms with Gasteiger partial charge in [-0.3, -0.25) is 14.4 Å². The fourth-order valence-corrected chi connectivity index (χ4v) is 4.87. The van der Waals surface area contributed by atoms with Crippen molar-refractivity contribution in [1.82, 2.24) is 10.2 Å². The minimum absolute atomic E-state index is 0.164. The van der Waals surface area contributed by atoms with Gasteiger partial charge < -0.3 is 24.4 Å². The molecule has 0 bridgehead atoms. The molecule has 1 N–H and O–H groups in total. The molecule has 2 aromatic carbocycles. The lowest BCUT2D eigenvalue weighted by Crippen LogP contribution is -2.57. The highest BCUT2D eigenvalue weighted by molar-refractivity contribution is 5.99. The van der Waals surface area contributed by atoms with Gasteiger partial charge in [0.2, 0.25) is 5.91 Å². The van der Waals surface area contributed by atoms with Gasteiger partial charge in [-0.05, 0) is 36.8 Å². The van der Waals surface area contributed by atoms with Crippen molar-refractivity contribution >= 4 is 17.8 Å². The van der Waals surface area contributed by atoms with Crippen LogP contribution in [0.1, 0.15) is 87.9 Å². The Morgan fingerprint density at radius 3 is 2.15 bits per heavy atom. The van der Waals surface area contributed by atoms with Crippen LogP contribution in [0.15, 0.2) is 54.6 Å². The van der Waals surface area contributed by atoms with Crippen LogP contribution in [0, 0.1) is 0 Å². The molecule has 224 valence electrons. The van der Waals surface area contributed by atoms with E-state index in [4.69, 9.17) is 14.2 Å². The number of carbonyl (C=O) groups is 3. The third-order valence-corrected chi connectivity index (χ3v) is 7.16. The molecule has 0 aromatic heterocycles. The number of carbonyl (C=O) groups excluding carboxylic acids is 3. The fraction of sp³-hybridized carbons (Fsp3) is 0.545. The topological polar surface area (TPSA) is 94.2 Å². The van der Waals surface area contributed by atoms with E-state index < -0.39 is 12.0 Å². The fourth-order valence-electron chi connectivity index (χ4n) is 4.87. The maximum absolute atomic E-state index is 13.4. The molecule has 1 fully saturated rings. The van der Waals surface area contributed by atoms with Crippen molar-refractivity contribution in [3.8, 4) is 11.5 Å². The number of hydrogen-bond donors (Lipinski definition) is 1. The molecule has 3 rings (SSSR count). The lowest BCUT2D eigenvalue weighted by atomic mass is 10.1. The molecule has 2 aromatic rings. The summed E-state index contributed by atoms with van der Waals surface area (Å²) in [5.41, 5.74) is 0.393. The first kappa shape index (κ1) is 32.0. The Morgan fingerprint density at radius 1 is 0.805 bits per heavy atom. The van der Waals surface area contributed by atoms with E-state index >= 15 is 0 Å². The lowest BCUT2D eigenvalue weighted by Gasteiger charge is -2.34. The van der Waals surface area contributed by atoms with Crippen molar-refractivity contribution in [2.24, 2.45) is 0 Å². The summed E-state index contributed by atoms with van der Waals surface area (Å²) < 4.78 is 16.8. The van der Waals surface area contributed by atoms with E-state index in [9.17, 15) is 14.4 Å². The second-order valence-corrected chi connectivity index (χ2v) is 10.4. The SMILES string of the molecule is CCCCCCCCCCCCOC(=O)CC1C(=O)NCCN1C(=O)c1cccc(OCCOc2ccccc2)c1. The van der Waals surface area contributed by atoms with Gasteiger partial charge in [-0.15, -0.1) is 0 Å². The van der Waals surface area contributed by atoms with Crippen LogP contribution in [-0.4, -0.2) is 61.6 Å². The summed E-state index contributed by atoms with van der Waals surface area (Å²) in [6, 6.07) is 15.4. The highest BCUT2D eigenvalue weighted by Gasteiger charge is 2.35. The maximum Gasteiger partial charge on any atom is 0.308 e. The van der Waals surface area contributed by atoms with Crippen LogP contribution in [0.2, 0.25) is 0 Å². The Bertz CT molecular complexity index is 1060. The molecule has 0 aliphatic carbocycles. The van der Waals surface area contributed by atoms with Gasteiger partial charge in [0.05, 0.1) is 13.0 Å². The number of unbranched alkanes of at least 4 members (excludes halogenated alkanes) is 9. The van der Waals surface area contributed by atoms with E-state index in [2.05, 4.69) is 12.2 Å². The summed E-state index contributed by atoms with van der Waals surface area (Å²) in [5.74, 6) is 0.165. The Morgan fingerprint density at radius 2 is 1.44 bits per heavy atom. The molecule has 2 amide bonds. The summed E-state index contributed by atoms with van der Waals surface area (Å²) in [6.45, 7) is 3.89. The molecule has 1 aliphatic heterocycles. The molecule has 1 atom stereocenters. The number of benzene rings is 2. The first-order valence-electron chi connectivity index (χ1n) is 15.2. The first-order valence-corrected chi connectivity index (χ1v) is 15.2. The monoisotopic (exact) mass is 566 g/mol. The molecule has 1 aliphatic rings. The van der Waals surface area contributed by atoms with Gasteiger partial charge in [0.25, 0.3) is 5.91 Å². The Labute approximate surface area is 244 Å². The van der Waals surface area contributed by atoms with Crippen LogP contribution in [-0.2, 0) is 14.3 Å². The molecule has 0 spiro atoms. The zero-order valence-electron chi connectivity index (χ0n) is 24.5. The largest absolute Gasteiger partial charge is 0.490 e. The minimum Gasteiger partial charge on any atom is -0.490 e. The second-order valence-electron chi connectivity index (χ2n) is 10.4. The molecular formula is C33H46N2O6. The molecule has 1 saturated heterocycles. The van der Waals surface area contributed by atoms with Gasteiger partial charge in [-0.1, -0.05) is 89.0 Å². The number of esters is 1. The van der Waals surface area contributed by atoms with E-state index in [-0.39, 0.29) is 18.2 Å². The Kier molecular flexibility index (Phi) is 14.6. The molecular weight excluding hydrogens is 520 g/mol. The summed E-state index contributed by atoms with van der Waals surface area (Å²) >= 11 is 0. The lowest BCUT2D eigenvalue weighted by molar-refractivity contribution is -0.147. The van der Waals surface area contributed by atoms with E-state index in [1.807, 2.05) is 30.3 Å². The van der Waals surface area contributed by atoms with E-state index in [1.165, 1.54) is 49.8 Å². The third kappa shape index (κ3) is 11.8. The zero-order chi connectivity index (χ0) is 29.1. The zero-order valence-corrected chi connectivity index (χ0v) is 24.5. The molecule has 8 heteroatoms. The number of para-hydroxylation sites is 1. The molecule has 1 heterocycles. The summed E-state index contributed by atoms with van der Waals surface area (Å²) in [5, 5.41) is 2.77. The second kappa shape index (κ2) is 18.7. The third-order valence-electron chi connectivity index (χ3n) is 7.16. The number of nitrogens with zero attached hydrogens (tertiary/aromatic N) is 1. The van der Waals surface area contributed by atoms with Crippen molar-refractivity contribution in [1.29, 1.82) is 0 Å². The van der Waals surface area contributed by atoms with Crippen molar-refractivity contribution in [2.45, 2.75) is 83.6 Å². The smallest absolute Gasteiger partial charge is 0.308 e. The van der Waals surface area contributed by atoms with Crippen LogP contribution >= 0.6 is 0 Å². The van der Waals surface area contributed by atoms with Gasteiger partial charge in [-0.25, -0.2) is 0 Å². The highest BCUT2D eigenvalue weighted by Crippen LogP contribution is 2.19. The van der Waals surface area contributed by atoms with E-state index in [0.717, 1.165) is 25.0 Å². The number of amides is 2. The summed E-state index contributed by atoms with van der Waals surface area (Å²) in [4.78, 5) is 40.0. The Hall–Kier alpha value is -3.55. The summed E-state index contributed by atoms with van der Waals surface area (Å²) in [7, 11) is 0. The van der Waals surface area contributed by atoms with Crippen molar-refractivity contribution in [2.75, 3.05) is 32.9 Å². The molecule has 8 nitrogen and oxygen atoms in total. The number of ether oxygens (including phenoxy) is 3. The van der Waals surface area contributed by atoms with Crippen LogP contribution < -0.4 is 14.8 Å². The minimum atomic E-state index is -0.902. The molecule has 0 radical (unpaired) electrons. The highest BCUT2D eigenvalue weighted by atomic mass is 16.5. The molecule has 41 heavy (non-hydrogen) atoms. The van der Waals surface area contributed by atoms with E-state index in [0.29, 0.717) is 44.2 Å². The van der Waals surface area contributed by atoms with Crippen LogP contribution in [0.3, 0.4) is 0 Å². The van der Waals surface area contributed by atoms with Gasteiger partial charge >= 0.3 is 5.97 Å².